The maximum absolute atomic E-state index is 10.7. The van der Waals surface area contributed by atoms with Gasteiger partial charge in [0, 0.05) is 23.7 Å². The van der Waals surface area contributed by atoms with Gasteiger partial charge in [-0.15, -0.1) is 0 Å². The zero-order valence-corrected chi connectivity index (χ0v) is 13.3. The van der Waals surface area contributed by atoms with Gasteiger partial charge >= 0.3 is 0 Å². The Morgan fingerprint density at radius 3 is 2.47 bits per heavy atom. The maximum atomic E-state index is 10.7. The molecule has 0 bridgehead atoms. The summed E-state index contributed by atoms with van der Waals surface area (Å²) in [5.74, 6) is 0. The van der Waals surface area contributed by atoms with E-state index in [1.807, 2.05) is 31.2 Å². The van der Waals surface area contributed by atoms with Gasteiger partial charge in [0.1, 0.15) is 5.60 Å². The van der Waals surface area contributed by atoms with Gasteiger partial charge in [0.15, 0.2) is 0 Å². The second-order valence-electron chi connectivity index (χ2n) is 5.04. The Kier molecular flexibility index (Phi) is 7.00. The summed E-state index contributed by atoms with van der Waals surface area (Å²) in [5.41, 5.74) is 0.0915. The highest BCUT2D eigenvalue weighted by atomic mass is 79.9. The third-order valence-corrected chi connectivity index (χ3v) is 4.03. The first-order valence-electron chi connectivity index (χ1n) is 6.84. The van der Waals surface area contributed by atoms with Crippen molar-refractivity contribution in [2.45, 2.75) is 44.8 Å². The van der Waals surface area contributed by atoms with Gasteiger partial charge in [-0.2, -0.15) is 0 Å². The standard InChI is InChI=1S/C15H24BrNO2/c1-3-15(19,11-17-12(2)5-4-10-18)13-6-8-14(16)9-7-13/h6-9,12,17-19H,3-5,10-11H2,1-2H3. The van der Waals surface area contributed by atoms with Crippen LogP contribution in [0.2, 0.25) is 0 Å². The number of halogens is 1. The van der Waals surface area contributed by atoms with Crippen molar-refractivity contribution in [3.63, 3.8) is 0 Å². The minimum Gasteiger partial charge on any atom is -0.396 e. The smallest absolute Gasteiger partial charge is 0.102 e. The Labute approximate surface area is 124 Å². The van der Waals surface area contributed by atoms with Crippen molar-refractivity contribution in [3.8, 4) is 0 Å². The summed E-state index contributed by atoms with van der Waals surface area (Å²) in [6, 6.07) is 8.10. The predicted octanol–water partition coefficient (Wildman–Crippen LogP) is 2.80. The number of benzene rings is 1. The van der Waals surface area contributed by atoms with Crippen LogP contribution in [0.25, 0.3) is 0 Å². The summed E-state index contributed by atoms with van der Waals surface area (Å²) < 4.78 is 1.01. The summed E-state index contributed by atoms with van der Waals surface area (Å²) in [5, 5.41) is 22.9. The minimum absolute atomic E-state index is 0.219. The molecular formula is C15H24BrNO2. The van der Waals surface area contributed by atoms with Crippen LogP contribution >= 0.6 is 15.9 Å². The lowest BCUT2D eigenvalue weighted by Crippen LogP contribution is -2.41. The lowest BCUT2D eigenvalue weighted by Gasteiger charge is -2.29. The van der Waals surface area contributed by atoms with E-state index in [0.29, 0.717) is 19.0 Å². The molecule has 0 aromatic heterocycles. The summed E-state index contributed by atoms with van der Waals surface area (Å²) in [6.07, 6.45) is 2.36. The van der Waals surface area contributed by atoms with Crippen molar-refractivity contribution in [1.29, 1.82) is 0 Å². The summed E-state index contributed by atoms with van der Waals surface area (Å²) >= 11 is 3.40. The van der Waals surface area contributed by atoms with Crippen molar-refractivity contribution in [3.05, 3.63) is 34.3 Å². The molecule has 19 heavy (non-hydrogen) atoms. The van der Waals surface area contributed by atoms with E-state index in [0.717, 1.165) is 22.9 Å². The van der Waals surface area contributed by atoms with Crippen LogP contribution in [-0.2, 0) is 5.60 Å². The molecule has 0 amide bonds. The number of hydrogen-bond donors (Lipinski definition) is 3. The molecule has 2 unspecified atom stereocenters. The number of nitrogens with one attached hydrogen (secondary N) is 1. The Bertz CT molecular complexity index is 369. The average molecular weight is 330 g/mol. The van der Waals surface area contributed by atoms with Crippen molar-refractivity contribution < 1.29 is 10.2 Å². The highest BCUT2D eigenvalue weighted by Gasteiger charge is 2.27. The Morgan fingerprint density at radius 2 is 1.95 bits per heavy atom. The molecule has 3 nitrogen and oxygen atoms in total. The van der Waals surface area contributed by atoms with Crippen molar-refractivity contribution >= 4 is 15.9 Å². The summed E-state index contributed by atoms with van der Waals surface area (Å²) in [4.78, 5) is 0. The van der Waals surface area contributed by atoms with Crippen LogP contribution in [0.5, 0.6) is 0 Å². The zero-order chi connectivity index (χ0) is 14.3. The van der Waals surface area contributed by atoms with Gasteiger partial charge in [0.05, 0.1) is 0 Å². The van der Waals surface area contributed by atoms with E-state index in [1.165, 1.54) is 0 Å². The fourth-order valence-corrected chi connectivity index (χ4v) is 2.30. The largest absolute Gasteiger partial charge is 0.396 e. The molecule has 3 N–H and O–H groups in total. The van der Waals surface area contributed by atoms with Crippen LogP contribution in [-0.4, -0.2) is 29.4 Å². The van der Waals surface area contributed by atoms with Crippen LogP contribution in [0.15, 0.2) is 28.7 Å². The summed E-state index contributed by atoms with van der Waals surface area (Å²) in [6.45, 7) is 4.81. The molecule has 2 atom stereocenters. The first kappa shape index (κ1) is 16.6. The van der Waals surface area contributed by atoms with Crippen LogP contribution in [0.1, 0.15) is 38.7 Å². The minimum atomic E-state index is -0.839. The molecule has 1 aromatic rings. The molecule has 0 spiro atoms. The normalized spacial score (nSPS) is 16.1. The Morgan fingerprint density at radius 1 is 1.32 bits per heavy atom. The SMILES string of the molecule is CCC(O)(CNC(C)CCCO)c1ccc(Br)cc1. The maximum Gasteiger partial charge on any atom is 0.102 e. The van der Waals surface area contributed by atoms with Gasteiger partial charge in [0.2, 0.25) is 0 Å². The molecule has 4 heteroatoms. The topological polar surface area (TPSA) is 52.5 Å². The van der Waals surface area contributed by atoms with E-state index < -0.39 is 5.60 Å². The molecule has 0 fully saturated rings. The number of rotatable bonds is 8. The van der Waals surface area contributed by atoms with Crippen LogP contribution in [0, 0.1) is 0 Å². The van der Waals surface area contributed by atoms with Gasteiger partial charge in [-0.25, -0.2) is 0 Å². The second kappa shape index (κ2) is 8.00. The van der Waals surface area contributed by atoms with Gasteiger partial charge in [-0.1, -0.05) is 35.0 Å². The van der Waals surface area contributed by atoms with Gasteiger partial charge in [0.25, 0.3) is 0 Å². The first-order valence-corrected chi connectivity index (χ1v) is 7.64. The van der Waals surface area contributed by atoms with Gasteiger partial charge < -0.3 is 15.5 Å². The zero-order valence-electron chi connectivity index (χ0n) is 11.7. The lowest BCUT2D eigenvalue weighted by atomic mass is 9.91. The van der Waals surface area contributed by atoms with Crippen molar-refractivity contribution in [2.24, 2.45) is 0 Å². The molecule has 0 aliphatic carbocycles. The quantitative estimate of drug-likeness (QED) is 0.687. The highest BCUT2D eigenvalue weighted by molar-refractivity contribution is 9.10. The van der Waals surface area contributed by atoms with Gasteiger partial charge in [-0.05, 0) is 43.9 Å². The van der Waals surface area contributed by atoms with E-state index in [4.69, 9.17) is 5.11 Å². The van der Waals surface area contributed by atoms with Crippen molar-refractivity contribution in [1.82, 2.24) is 5.32 Å². The molecule has 1 aromatic carbocycles. The lowest BCUT2D eigenvalue weighted by molar-refractivity contribution is 0.0299. The number of aliphatic hydroxyl groups is 2. The summed E-state index contributed by atoms with van der Waals surface area (Å²) in [7, 11) is 0. The molecule has 1 rings (SSSR count). The molecule has 0 aliphatic heterocycles. The van der Waals surface area contributed by atoms with E-state index >= 15 is 0 Å². The molecule has 0 saturated carbocycles. The highest BCUT2D eigenvalue weighted by Crippen LogP contribution is 2.25. The van der Waals surface area contributed by atoms with E-state index in [9.17, 15) is 5.11 Å². The molecule has 0 saturated heterocycles. The molecule has 108 valence electrons. The van der Waals surface area contributed by atoms with Crippen LogP contribution in [0.4, 0.5) is 0 Å². The molecule has 0 aliphatic rings. The van der Waals surface area contributed by atoms with E-state index in [1.54, 1.807) is 0 Å². The number of aliphatic hydroxyl groups excluding tert-OH is 1. The second-order valence-corrected chi connectivity index (χ2v) is 5.96. The third-order valence-electron chi connectivity index (χ3n) is 3.50. The van der Waals surface area contributed by atoms with Crippen LogP contribution in [0.3, 0.4) is 0 Å². The average Bonchev–Trinajstić information content (AvgIpc) is 2.43. The van der Waals surface area contributed by atoms with Gasteiger partial charge in [-0.3, -0.25) is 0 Å². The molecule has 0 radical (unpaired) electrons. The predicted molar refractivity (Wildman–Crippen MR) is 82.1 cm³/mol. The molecule has 0 heterocycles. The van der Waals surface area contributed by atoms with E-state index in [-0.39, 0.29) is 6.61 Å². The Balaban J connectivity index is 2.62. The van der Waals surface area contributed by atoms with Crippen molar-refractivity contribution in [2.75, 3.05) is 13.2 Å². The Hall–Kier alpha value is -0.420. The fraction of sp³-hybridized carbons (Fsp3) is 0.600. The van der Waals surface area contributed by atoms with E-state index in [2.05, 4.69) is 28.2 Å². The first-order chi connectivity index (χ1) is 9.01. The number of hydrogen-bond acceptors (Lipinski definition) is 3. The van der Waals surface area contributed by atoms with Crippen LogP contribution < -0.4 is 5.32 Å². The molecular weight excluding hydrogens is 306 g/mol. The monoisotopic (exact) mass is 329 g/mol. The third kappa shape index (κ3) is 5.22. The fourth-order valence-electron chi connectivity index (χ4n) is 2.03.